The van der Waals surface area contributed by atoms with Crippen molar-refractivity contribution in [2.75, 3.05) is 18.4 Å². The van der Waals surface area contributed by atoms with Crippen LogP contribution in [0.25, 0.3) is 0 Å². The summed E-state index contributed by atoms with van der Waals surface area (Å²) in [4.78, 5) is 13.7. The molecule has 1 aliphatic heterocycles. The summed E-state index contributed by atoms with van der Waals surface area (Å²) < 4.78 is 57.0. The molecule has 12 heteroatoms. The highest BCUT2D eigenvalue weighted by Crippen LogP contribution is 2.41. The average molecular weight is 457 g/mol. The second-order valence-electron chi connectivity index (χ2n) is 8.63. The highest BCUT2D eigenvalue weighted by atomic mass is 32.2. The molecule has 1 saturated heterocycles. The highest BCUT2D eigenvalue weighted by Gasteiger charge is 2.54. The van der Waals surface area contributed by atoms with Gasteiger partial charge in [-0.05, 0) is 25.0 Å². The molecule has 0 spiro atoms. The first-order valence-electron chi connectivity index (χ1n) is 9.83. The van der Waals surface area contributed by atoms with Gasteiger partial charge in [0.05, 0.1) is 23.8 Å². The number of aromatic nitrogens is 4. The van der Waals surface area contributed by atoms with Crippen LogP contribution in [0.15, 0.2) is 29.6 Å². The maximum atomic E-state index is 15.2. The second-order valence-corrected chi connectivity index (χ2v) is 10.6. The van der Waals surface area contributed by atoms with E-state index in [0.717, 1.165) is 4.68 Å². The smallest absolute Gasteiger partial charge is 0.325 e. The highest BCUT2D eigenvalue weighted by molar-refractivity contribution is 7.92. The predicted octanol–water partition coefficient (Wildman–Crippen LogP) is 2.82. The number of hydrogen-bond donors (Lipinski definition) is 1. The molecule has 2 aromatic rings. The van der Waals surface area contributed by atoms with Crippen molar-refractivity contribution in [3.63, 3.8) is 0 Å². The molecule has 0 unspecified atom stereocenters. The fraction of sp³-hybridized carbons (Fsp3) is 0.579. The molecule has 0 aromatic carbocycles. The van der Waals surface area contributed by atoms with Crippen molar-refractivity contribution in [3.8, 4) is 0 Å². The molecule has 3 heterocycles. The van der Waals surface area contributed by atoms with Crippen LogP contribution in [-0.4, -0.2) is 57.7 Å². The van der Waals surface area contributed by atoms with Crippen LogP contribution in [0.3, 0.4) is 0 Å². The van der Waals surface area contributed by atoms with Gasteiger partial charge in [-0.15, -0.1) is 0 Å². The van der Waals surface area contributed by atoms with E-state index < -0.39 is 37.5 Å². The summed E-state index contributed by atoms with van der Waals surface area (Å²) in [7, 11) is -3.62. The first kappa shape index (κ1) is 23.0. The fourth-order valence-corrected chi connectivity index (χ4v) is 5.02. The van der Waals surface area contributed by atoms with Crippen LogP contribution in [0.5, 0.6) is 0 Å². The number of urea groups is 1. The topological polar surface area (TPSA) is 110 Å². The molecule has 1 N–H and O–H groups in total. The zero-order valence-corrected chi connectivity index (χ0v) is 18.7. The number of likely N-dealkylation sites (tertiary alicyclic amines) is 1. The van der Waals surface area contributed by atoms with Crippen molar-refractivity contribution in [2.45, 2.75) is 49.3 Å². The Hall–Kier alpha value is -2.63. The Morgan fingerprint density at radius 2 is 1.84 bits per heavy atom. The van der Waals surface area contributed by atoms with Crippen molar-refractivity contribution < 1.29 is 22.0 Å². The molecular formula is C19H26F2N6O3S. The molecule has 0 radical (unpaired) electrons. The monoisotopic (exact) mass is 456 g/mol. The lowest BCUT2D eigenvalue weighted by atomic mass is 9.93. The fourth-order valence-electron chi connectivity index (χ4n) is 3.41. The van der Waals surface area contributed by atoms with Crippen LogP contribution in [0.4, 0.5) is 19.3 Å². The molecule has 31 heavy (non-hydrogen) atoms. The zero-order valence-electron chi connectivity index (χ0n) is 17.8. The van der Waals surface area contributed by atoms with Crippen LogP contribution in [-0.2, 0) is 22.3 Å². The van der Waals surface area contributed by atoms with Gasteiger partial charge in [0.15, 0.2) is 5.03 Å². The summed E-state index contributed by atoms with van der Waals surface area (Å²) in [5.74, 6) is -1.41. The number of carbonyl (C=O) groups excluding carboxylic acids is 1. The Morgan fingerprint density at radius 3 is 2.35 bits per heavy atom. The van der Waals surface area contributed by atoms with Gasteiger partial charge < -0.3 is 10.2 Å². The normalized spacial score (nSPS) is 16.4. The molecule has 0 atom stereocenters. The van der Waals surface area contributed by atoms with Crippen molar-refractivity contribution >= 4 is 21.6 Å². The average Bonchev–Trinajstić information content (AvgIpc) is 3.11. The summed E-state index contributed by atoms with van der Waals surface area (Å²) in [6.45, 7) is 5.50. The van der Waals surface area contributed by atoms with Crippen molar-refractivity contribution in [3.05, 3.63) is 30.2 Å². The third kappa shape index (κ3) is 4.53. The molecule has 3 rings (SSSR count). The van der Waals surface area contributed by atoms with Gasteiger partial charge in [0, 0.05) is 31.5 Å². The van der Waals surface area contributed by atoms with E-state index in [-0.39, 0.29) is 25.9 Å². The summed E-state index contributed by atoms with van der Waals surface area (Å²) in [6, 6.07) is 2.31. The quantitative estimate of drug-likeness (QED) is 0.758. The number of hydrogen-bond acceptors (Lipinski definition) is 6. The summed E-state index contributed by atoms with van der Waals surface area (Å²) >= 11 is 0. The van der Waals surface area contributed by atoms with Crippen LogP contribution in [0.1, 0.15) is 39.3 Å². The molecule has 0 aliphatic carbocycles. The van der Waals surface area contributed by atoms with E-state index in [0.29, 0.717) is 11.4 Å². The zero-order chi connectivity index (χ0) is 23.0. The van der Waals surface area contributed by atoms with Gasteiger partial charge in [-0.2, -0.15) is 24.1 Å². The largest absolute Gasteiger partial charge is 0.354 e. The van der Waals surface area contributed by atoms with Gasteiger partial charge in [-0.1, -0.05) is 20.8 Å². The Balaban J connectivity index is 1.72. The van der Waals surface area contributed by atoms with E-state index >= 15 is 8.78 Å². The number of carbonyl (C=O) groups is 1. The molecule has 2 aromatic heterocycles. The number of nitrogens with zero attached hydrogens (tertiary/aromatic N) is 5. The van der Waals surface area contributed by atoms with E-state index in [2.05, 4.69) is 20.6 Å². The summed E-state index contributed by atoms with van der Waals surface area (Å²) in [6.07, 6.45) is 2.50. The SMILES string of the molecule is Cn1nc(C(C)(C)C)cc1S(=O)(=O)C(F)(F)C1CCN(C(=O)Nc2ccnnc2)CC1. The van der Waals surface area contributed by atoms with Crippen LogP contribution < -0.4 is 5.32 Å². The van der Waals surface area contributed by atoms with Crippen molar-refractivity contribution in [1.29, 1.82) is 0 Å². The summed E-state index contributed by atoms with van der Waals surface area (Å²) in [5.41, 5.74) is 0.367. The number of rotatable bonds is 4. The number of amides is 2. The lowest BCUT2D eigenvalue weighted by Crippen LogP contribution is -2.47. The van der Waals surface area contributed by atoms with Crippen LogP contribution in [0.2, 0.25) is 0 Å². The van der Waals surface area contributed by atoms with E-state index in [1.165, 1.54) is 30.4 Å². The number of alkyl halides is 2. The molecular weight excluding hydrogens is 430 g/mol. The van der Waals surface area contributed by atoms with Crippen LogP contribution in [0, 0.1) is 5.92 Å². The van der Waals surface area contributed by atoms with Gasteiger partial charge in [0.2, 0.25) is 0 Å². The van der Waals surface area contributed by atoms with Crippen molar-refractivity contribution in [1.82, 2.24) is 24.9 Å². The maximum Gasteiger partial charge on any atom is 0.354 e. The van der Waals surface area contributed by atoms with E-state index in [4.69, 9.17) is 0 Å². The lowest BCUT2D eigenvalue weighted by Gasteiger charge is -2.35. The minimum atomic E-state index is -4.96. The maximum absolute atomic E-state index is 15.2. The molecule has 1 aliphatic rings. The third-order valence-electron chi connectivity index (χ3n) is 5.33. The van der Waals surface area contributed by atoms with E-state index in [9.17, 15) is 13.2 Å². The Bertz CT molecular complexity index is 1040. The van der Waals surface area contributed by atoms with Gasteiger partial charge in [-0.25, -0.2) is 13.2 Å². The number of sulfone groups is 1. The number of nitrogens with one attached hydrogen (secondary N) is 1. The first-order chi connectivity index (χ1) is 14.3. The molecule has 1 fully saturated rings. The Labute approximate surface area is 179 Å². The number of piperidine rings is 1. The number of anilines is 1. The van der Waals surface area contributed by atoms with Gasteiger partial charge in [-0.3, -0.25) is 4.68 Å². The first-order valence-corrected chi connectivity index (χ1v) is 11.3. The van der Waals surface area contributed by atoms with Gasteiger partial charge in [0.25, 0.3) is 9.84 Å². The Kier molecular flexibility index (Phi) is 6.05. The minimum Gasteiger partial charge on any atom is -0.325 e. The minimum absolute atomic E-state index is 0.0126. The molecule has 0 saturated carbocycles. The second kappa shape index (κ2) is 8.13. The van der Waals surface area contributed by atoms with E-state index in [1.807, 2.05) is 20.8 Å². The third-order valence-corrected chi connectivity index (χ3v) is 7.31. The molecule has 0 bridgehead atoms. The van der Waals surface area contributed by atoms with Gasteiger partial charge in [0.1, 0.15) is 0 Å². The lowest BCUT2D eigenvalue weighted by molar-refractivity contribution is 0.0000339. The van der Waals surface area contributed by atoms with Gasteiger partial charge >= 0.3 is 11.3 Å². The van der Waals surface area contributed by atoms with E-state index in [1.54, 1.807) is 6.07 Å². The predicted molar refractivity (Wildman–Crippen MR) is 109 cm³/mol. The molecule has 9 nitrogen and oxygen atoms in total. The number of aryl methyl sites for hydroxylation is 1. The van der Waals surface area contributed by atoms with Crippen LogP contribution >= 0.6 is 0 Å². The molecule has 170 valence electrons. The Morgan fingerprint density at radius 1 is 1.19 bits per heavy atom. The standard InChI is InChI=1S/C19H26F2N6O3S/c1-18(2,3)15-11-16(26(4)25-15)31(29,30)19(20,21)13-6-9-27(10-7-13)17(28)24-14-5-8-22-23-12-14/h5,8,11-13H,6-7,9-10H2,1-4H3,(H,22,24,28). The number of halogens is 2. The van der Waals surface area contributed by atoms with Crippen molar-refractivity contribution in [2.24, 2.45) is 13.0 Å². The molecule has 2 amide bonds. The summed E-state index contributed by atoms with van der Waals surface area (Å²) in [5, 5.41) is 9.50.